The van der Waals surface area contributed by atoms with Crippen LogP contribution in [0.25, 0.3) is 44.3 Å². The molecule has 0 fully saturated rings. The molecule has 0 atom stereocenters. The van der Waals surface area contributed by atoms with Crippen molar-refractivity contribution in [2.75, 3.05) is 36.0 Å². The average molecular weight is 655 g/mol. The standard InChI is InChI=1S/C39H56N7S/c1-6-10-14-26-45(27-15-11-7-2)32-22-18-30(19-23-32)34-36-37(41-44(5)40-36)35(39-38(34)42-47-43-39)31-20-24-33(25-21-31)46(28-16-12-8-3)29-17-13-9-4/h18-25H,6-17,26-29H2,1-5H3,(H,40,41)/q+1. The minimum Gasteiger partial charge on any atom is -0.372 e. The lowest BCUT2D eigenvalue weighted by atomic mass is 9.95. The van der Waals surface area contributed by atoms with Gasteiger partial charge in [-0.3, -0.25) is 0 Å². The van der Waals surface area contributed by atoms with Gasteiger partial charge in [0.05, 0.1) is 11.7 Å². The minimum atomic E-state index is 0.921. The number of aromatic amines is 1. The molecule has 5 rings (SSSR count). The molecule has 0 saturated carbocycles. The number of rotatable bonds is 20. The highest BCUT2D eigenvalue weighted by molar-refractivity contribution is 7.00. The number of nitrogens with zero attached hydrogens (tertiary/aromatic N) is 6. The third kappa shape index (κ3) is 8.50. The van der Waals surface area contributed by atoms with E-state index >= 15 is 0 Å². The molecule has 0 aliphatic rings. The Morgan fingerprint density at radius 2 is 0.957 bits per heavy atom. The summed E-state index contributed by atoms with van der Waals surface area (Å²) in [6, 6.07) is 18.2. The first kappa shape index (κ1) is 34.8. The van der Waals surface area contributed by atoms with Gasteiger partial charge in [0.1, 0.15) is 16.6 Å². The van der Waals surface area contributed by atoms with Crippen LogP contribution in [0.15, 0.2) is 48.5 Å². The zero-order valence-electron chi connectivity index (χ0n) is 29.5. The molecule has 0 spiro atoms. The molecule has 47 heavy (non-hydrogen) atoms. The maximum Gasteiger partial charge on any atom is 0.191 e. The van der Waals surface area contributed by atoms with Crippen LogP contribution in [0, 0.1) is 0 Å². The Balaban J connectivity index is 1.49. The molecule has 8 heteroatoms. The largest absolute Gasteiger partial charge is 0.372 e. The molecular weight excluding hydrogens is 599 g/mol. The summed E-state index contributed by atoms with van der Waals surface area (Å²) in [6.07, 6.45) is 15.0. The van der Waals surface area contributed by atoms with Gasteiger partial charge in [0.15, 0.2) is 12.6 Å². The van der Waals surface area contributed by atoms with E-state index in [1.807, 2.05) is 11.8 Å². The van der Waals surface area contributed by atoms with Crippen molar-refractivity contribution in [2.24, 2.45) is 7.05 Å². The number of hydrogen-bond acceptors (Lipinski definition) is 6. The van der Waals surface area contributed by atoms with Crippen molar-refractivity contribution >= 4 is 45.2 Å². The first-order chi connectivity index (χ1) is 23.1. The van der Waals surface area contributed by atoms with Gasteiger partial charge in [-0.2, -0.15) is 8.75 Å². The Morgan fingerprint density at radius 3 is 1.38 bits per heavy atom. The second kappa shape index (κ2) is 17.6. The molecule has 0 aliphatic carbocycles. The van der Waals surface area contributed by atoms with Crippen molar-refractivity contribution in [3.63, 3.8) is 0 Å². The van der Waals surface area contributed by atoms with E-state index < -0.39 is 0 Å². The molecule has 1 N–H and O–H groups in total. The van der Waals surface area contributed by atoms with Crippen LogP contribution in [0.2, 0.25) is 0 Å². The number of unbranched alkanes of at least 4 members (excludes halogenated alkanes) is 8. The van der Waals surface area contributed by atoms with Crippen molar-refractivity contribution in [3.05, 3.63) is 48.5 Å². The maximum atomic E-state index is 4.97. The van der Waals surface area contributed by atoms with E-state index in [2.05, 4.69) is 91.1 Å². The van der Waals surface area contributed by atoms with Crippen molar-refractivity contribution in [3.8, 4) is 22.3 Å². The first-order valence-corrected chi connectivity index (χ1v) is 19.1. The highest BCUT2D eigenvalue weighted by Crippen LogP contribution is 2.41. The van der Waals surface area contributed by atoms with Crippen molar-refractivity contribution in [1.29, 1.82) is 0 Å². The SMILES string of the molecule is CCCCCN(CCCCC)c1ccc(-c2c3nsnc3c(-c3ccc(N(CCCCC)CCCCC)cc3)c3[nH][n+](C)nc23)cc1. The highest BCUT2D eigenvalue weighted by Gasteiger charge is 2.25. The summed E-state index contributed by atoms with van der Waals surface area (Å²) in [5.74, 6) is 0. The Morgan fingerprint density at radius 1 is 0.553 bits per heavy atom. The molecule has 0 saturated heterocycles. The number of aryl methyl sites for hydroxylation is 1. The van der Waals surface area contributed by atoms with Crippen LogP contribution in [0.4, 0.5) is 11.4 Å². The van der Waals surface area contributed by atoms with Crippen molar-refractivity contribution in [1.82, 2.24) is 18.9 Å². The molecule has 5 aromatic rings. The van der Waals surface area contributed by atoms with E-state index in [1.54, 1.807) is 0 Å². The summed E-state index contributed by atoms with van der Waals surface area (Å²) in [7, 11) is 1.96. The molecule has 0 unspecified atom stereocenters. The van der Waals surface area contributed by atoms with Crippen LogP contribution in [-0.2, 0) is 7.05 Å². The van der Waals surface area contributed by atoms with Gasteiger partial charge in [-0.1, -0.05) is 103 Å². The van der Waals surface area contributed by atoms with Crippen LogP contribution in [0.5, 0.6) is 0 Å². The summed E-state index contributed by atoms with van der Waals surface area (Å²) in [5, 5.41) is 8.51. The Hall–Kier alpha value is -3.52. The Labute approximate surface area is 286 Å². The van der Waals surface area contributed by atoms with E-state index in [0.717, 1.165) is 70.5 Å². The van der Waals surface area contributed by atoms with Crippen LogP contribution in [-0.4, -0.2) is 45.1 Å². The van der Waals surface area contributed by atoms with E-state index in [1.165, 1.54) is 100 Å². The van der Waals surface area contributed by atoms with E-state index in [4.69, 9.17) is 13.8 Å². The maximum absolute atomic E-state index is 4.97. The molecule has 2 aromatic heterocycles. The Bertz CT molecular complexity index is 1520. The molecular formula is C39H56N7S+. The van der Waals surface area contributed by atoms with Gasteiger partial charge < -0.3 is 9.80 Å². The zero-order chi connectivity index (χ0) is 33.0. The Kier molecular flexibility index (Phi) is 13.0. The van der Waals surface area contributed by atoms with Gasteiger partial charge >= 0.3 is 0 Å². The summed E-state index contributed by atoms with van der Waals surface area (Å²) in [5.41, 5.74) is 10.8. The molecule has 0 bridgehead atoms. The van der Waals surface area contributed by atoms with Gasteiger partial charge in [-0.25, -0.2) is 0 Å². The smallest absolute Gasteiger partial charge is 0.191 e. The lowest BCUT2D eigenvalue weighted by molar-refractivity contribution is -0.778. The van der Waals surface area contributed by atoms with Crippen LogP contribution < -0.4 is 14.6 Å². The number of H-pyrrole nitrogens is 1. The van der Waals surface area contributed by atoms with Crippen molar-refractivity contribution < 1.29 is 4.80 Å². The number of anilines is 2. The highest BCUT2D eigenvalue weighted by atomic mass is 32.1. The molecule has 252 valence electrons. The second-order valence-electron chi connectivity index (χ2n) is 13.1. The van der Waals surface area contributed by atoms with Crippen LogP contribution in [0.1, 0.15) is 105 Å². The molecule has 0 amide bonds. The predicted octanol–water partition coefficient (Wildman–Crippen LogP) is 10.1. The van der Waals surface area contributed by atoms with Gasteiger partial charge in [0.25, 0.3) is 0 Å². The quantitative estimate of drug-likeness (QED) is 0.0668. The predicted molar refractivity (Wildman–Crippen MR) is 202 cm³/mol. The fourth-order valence-electron chi connectivity index (χ4n) is 6.72. The van der Waals surface area contributed by atoms with Gasteiger partial charge in [0.2, 0.25) is 0 Å². The number of nitrogens with one attached hydrogen (secondary N) is 1. The number of hydrogen-bond donors (Lipinski definition) is 1. The third-order valence-corrected chi connectivity index (χ3v) is 9.91. The lowest BCUT2D eigenvalue weighted by Crippen LogP contribution is -2.32. The molecule has 3 aromatic carbocycles. The molecule has 2 heterocycles. The van der Waals surface area contributed by atoms with Gasteiger partial charge in [0, 0.05) is 53.8 Å². The summed E-state index contributed by atoms with van der Waals surface area (Å²) in [4.78, 5) is 6.96. The van der Waals surface area contributed by atoms with Gasteiger partial charge in [-0.15, -0.1) is 5.10 Å². The second-order valence-corrected chi connectivity index (χ2v) is 13.6. The fraction of sp³-hybridized carbons (Fsp3) is 0.538. The molecule has 7 nitrogen and oxygen atoms in total. The molecule has 0 aliphatic heterocycles. The minimum absolute atomic E-state index is 0.921. The van der Waals surface area contributed by atoms with Crippen LogP contribution in [0.3, 0.4) is 0 Å². The normalized spacial score (nSPS) is 11.6. The van der Waals surface area contributed by atoms with E-state index in [9.17, 15) is 0 Å². The zero-order valence-corrected chi connectivity index (χ0v) is 30.3. The van der Waals surface area contributed by atoms with Crippen LogP contribution >= 0.6 is 11.7 Å². The fourth-order valence-corrected chi connectivity index (χ4v) is 7.28. The molecule has 0 radical (unpaired) electrons. The monoisotopic (exact) mass is 654 g/mol. The number of benzene rings is 3. The van der Waals surface area contributed by atoms with Gasteiger partial charge in [-0.05, 0) is 65.9 Å². The van der Waals surface area contributed by atoms with E-state index in [-0.39, 0.29) is 0 Å². The number of fused-ring (bicyclic) bond motifs is 2. The summed E-state index contributed by atoms with van der Waals surface area (Å²) >= 11 is 1.28. The summed E-state index contributed by atoms with van der Waals surface area (Å²) < 4.78 is 9.76. The topological polar surface area (TPSA) is 64.8 Å². The third-order valence-electron chi connectivity index (χ3n) is 9.38. The first-order valence-electron chi connectivity index (χ1n) is 18.3. The number of aromatic nitrogens is 5. The van der Waals surface area contributed by atoms with E-state index in [0.29, 0.717) is 0 Å². The lowest BCUT2D eigenvalue weighted by Gasteiger charge is -2.25. The van der Waals surface area contributed by atoms with Crippen molar-refractivity contribution in [2.45, 2.75) is 105 Å². The average Bonchev–Trinajstić information content (AvgIpc) is 3.72. The summed E-state index contributed by atoms with van der Waals surface area (Å²) in [6.45, 7) is 13.6.